The molecule has 2 aliphatic carbocycles. The van der Waals surface area contributed by atoms with Crippen LogP contribution in [0.15, 0.2) is 32.7 Å². The number of fused-ring (bicyclic) bond motifs is 5. The number of benzene rings is 1. The second-order valence-corrected chi connectivity index (χ2v) is 9.00. The fourth-order valence-corrected chi connectivity index (χ4v) is 6.05. The maximum atomic E-state index is 6.44. The number of nitrogens with zero attached hydrogens (tertiary/aromatic N) is 3. The molecule has 4 aliphatic rings. The van der Waals surface area contributed by atoms with Gasteiger partial charge in [0.05, 0.1) is 6.10 Å². The zero-order valence-corrected chi connectivity index (χ0v) is 16.8. The van der Waals surface area contributed by atoms with Crippen LogP contribution in [-0.4, -0.2) is 43.0 Å². The summed E-state index contributed by atoms with van der Waals surface area (Å²) in [6, 6.07) is 6.66. The van der Waals surface area contributed by atoms with Gasteiger partial charge in [0.2, 0.25) is 0 Å². The molecule has 26 heavy (non-hydrogen) atoms. The van der Waals surface area contributed by atoms with Gasteiger partial charge in [-0.3, -0.25) is 9.89 Å². The highest BCUT2D eigenvalue weighted by Gasteiger charge is 2.65. The molecule has 2 aliphatic heterocycles. The van der Waals surface area contributed by atoms with Crippen molar-refractivity contribution in [3.8, 4) is 0 Å². The first-order chi connectivity index (χ1) is 12.6. The van der Waals surface area contributed by atoms with E-state index in [0.29, 0.717) is 12.1 Å². The van der Waals surface area contributed by atoms with E-state index in [9.17, 15) is 0 Å². The van der Waals surface area contributed by atoms with Gasteiger partial charge in [0.15, 0.2) is 11.5 Å². The second-order valence-electron chi connectivity index (χ2n) is 8.08. The van der Waals surface area contributed by atoms with Crippen LogP contribution in [0.5, 0.6) is 0 Å². The van der Waals surface area contributed by atoms with Crippen LogP contribution in [0.3, 0.4) is 0 Å². The number of aliphatic imine (C=N–C) groups is 2. The molecular formula is C20H25BrN4O. The van der Waals surface area contributed by atoms with Crippen LogP contribution in [0.4, 0.5) is 0 Å². The van der Waals surface area contributed by atoms with Gasteiger partial charge >= 0.3 is 0 Å². The number of hydrogen-bond acceptors (Lipinski definition) is 5. The predicted molar refractivity (Wildman–Crippen MR) is 106 cm³/mol. The van der Waals surface area contributed by atoms with Gasteiger partial charge < -0.3 is 10.5 Å². The van der Waals surface area contributed by atoms with Crippen LogP contribution < -0.4 is 5.73 Å². The minimum absolute atomic E-state index is 0.0563. The Balaban J connectivity index is 1.71. The molecule has 2 N–H and O–H groups in total. The Hall–Kier alpha value is -1.40. The summed E-state index contributed by atoms with van der Waals surface area (Å²) in [4.78, 5) is 12.4. The van der Waals surface area contributed by atoms with Crippen molar-refractivity contribution in [3.05, 3.63) is 33.8 Å². The molecule has 1 atom stereocenters. The van der Waals surface area contributed by atoms with Crippen LogP contribution in [0.25, 0.3) is 0 Å². The molecule has 0 aromatic heterocycles. The smallest absolute Gasteiger partial charge is 0.198 e. The first-order valence-electron chi connectivity index (χ1n) is 9.59. The predicted octanol–water partition coefficient (Wildman–Crippen LogP) is 3.21. The molecule has 5 rings (SSSR count). The lowest BCUT2D eigenvalue weighted by Crippen LogP contribution is -2.53. The molecule has 2 heterocycles. The Labute approximate surface area is 162 Å². The SMILES string of the molecule is COC1CCC2(CC1)Cc1ccc(Br)cc1C21N=C(N)N2CCCN=C21. The average Bonchev–Trinajstić information content (AvgIpc) is 3.11. The Bertz CT molecular complexity index is 812. The minimum atomic E-state index is -0.421. The van der Waals surface area contributed by atoms with E-state index in [2.05, 4.69) is 39.0 Å². The van der Waals surface area contributed by atoms with Crippen LogP contribution in [0.2, 0.25) is 0 Å². The van der Waals surface area contributed by atoms with Crippen LogP contribution in [-0.2, 0) is 16.7 Å². The molecule has 0 amide bonds. The van der Waals surface area contributed by atoms with Crippen LogP contribution >= 0.6 is 15.9 Å². The number of nitrogens with two attached hydrogens (primary N) is 1. The number of guanidine groups is 1. The number of rotatable bonds is 1. The standard InChI is InChI=1S/C20H25BrN4O/c1-26-15-5-7-19(8-6-15)12-13-3-4-14(21)11-16(13)20(19)17-23-9-2-10-25(17)18(22)24-20/h3-4,11,15H,2,5-10,12H2,1H3,(H2,22,24). The van der Waals surface area contributed by atoms with E-state index >= 15 is 0 Å². The molecule has 1 aromatic rings. The highest BCUT2D eigenvalue weighted by Crippen LogP contribution is 2.62. The van der Waals surface area contributed by atoms with Gasteiger partial charge in [-0.1, -0.05) is 22.0 Å². The van der Waals surface area contributed by atoms with E-state index in [1.807, 2.05) is 7.11 Å². The summed E-state index contributed by atoms with van der Waals surface area (Å²) in [5.74, 6) is 1.73. The molecule has 1 unspecified atom stereocenters. The van der Waals surface area contributed by atoms with Crippen LogP contribution in [0.1, 0.15) is 43.2 Å². The lowest BCUT2D eigenvalue weighted by molar-refractivity contribution is 0.0113. The third-order valence-electron chi connectivity index (χ3n) is 6.92. The Kier molecular flexibility index (Phi) is 3.73. The third-order valence-corrected chi connectivity index (χ3v) is 7.41. The van der Waals surface area contributed by atoms with Gasteiger partial charge in [-0.25, -0.2) is 4.99 Å². The molecular weight excluding hydrogens is 392 g/mol. The fraction of sp³-hybridized carbons (Fsp3) is 0.600. The summed E-state index contributed by atoms with van der Waals surface area (Å²) in [7, 11) is 1.83. The first kappa shape index (κ1) is 16.8. The summed E-state index contributed by atoms with van der Waals surface area (Å²) in [5.41, 5.74) is 8.77. The van der Waals surface area contributed by atoms with E-state index in [1.54, 1.807) is 0 Å². The summed E-state index contributed by atoms with van der Waals surface area (Å²) in [5, 5.41) is 0. The number of hydrogen-bond donors (Lipinski definition) is 1. The summed E-state index contributed by atoms with van der Waals surface area (Å²) in [6.45, 7) is 1.80. The topological polar surface area (TPSA) is 63.2 Å². The average molecular weight is 417 g/mol. The monoisotopic (exact) mass is 416 g/mol. The Morgan fingerprint density at radius 3 is 2.88 bits per heavy atom. The van der Waals surface area contributed by atoms with Gasteiger partial charge in [-0.05, 0) is 61.8 Å². The lowest BCUT2D eigenvalue weighted by Gasteiger charge is -2.47. The van der Waals surface area contributed by atoms with Crippen molar-refractivity contribution in [3.63, 3.8) is 0 Å². The molecule has 0 radical (unpaired) electrons. The third kappa shape index (κ3) is 2.06. The first-order valence-corrected chi connectivity index (χ1v) is 10.4. The fourth-order valence-electron chi connectivity index (χ4n) is 5.69. The van der Waals surface area contributed by atoms with Crippen molar-refractivity contribution >= 4 is 27.7 Å². The summed E-state index contributed by atoms with van der Waals surface area (Å²) >= 11 is 3.68. The molecule has 0 bridgehead atoms. The second kappa shape index (κ2) is 5.80. The highest BCUT2D eigenvalue weighted by molar-refractivity contribution is 9.10. The lowest BCUT2D eigenvalue weighted by atomic mass is 9.61. The molecule has 138 valence electrons. The largest absolute Gasteiger partial charge is 0.381 e. The van der Waals surface area contributed by atoms with E-state index in [4.69, 9.17) is 20.5 Å². The minimum Gasteiger partial charge on any atom is -0.381 e. The van der Waals surface area contributed by atoms with Gasteiger partial charge in [0, 0.05) is 30.1 Å². The number of methoxy groups -OCH3 is 1. The zero-order chi connectivity index (χ0) is 17.9. The van der Waals surface area contributed by atoms with Crippen molar-refractivity contribution in [2.45, 2.75) is 50.2 Å². The maximum absolute atomic E-state index is 6.44. The molecule has 5 nitrogen and oxygen atoms in total. The Morgan fingerprint density at radius 2 is 2.12 bits per heavy atom. The molecule has 2 spiro atoms. The normalized spacial score (nSPS) is 35.5. The summed E-state index contributed by atoms with van der Waals surface area (Å²) in [6.07, 6.45) is 6.81. The molecule has 1 saturated carbocycles. The number of halogens is 1. The van der Waals surface area contributed by atoms with Gasteiger partial charge in [0.1, 0.15) is 5.84 Å². The van der Waals surface area contributed by atoms with Crippen molar-refractivity contribution < 1.29 is 4.74 Å². The maximum Gasteiger partial charge on any atom is 0.198 e. The van der Waals surface area contributed by atoms with Crippen molar-refractivity contribution in [1.82, 2.24) is 4.90 Å². The van der Waals surface area contributed by atoms with E-state index in [0.717, 1.165) is 61.9 Å². The molecule has 6 heteroatoms. The van der Waals surface area contributed by atoms with E-state index in [1.165, 1.54) is 11.1 Å². The van der Waals surface area contributed by atoms with Crippen molar-refractivity contribution in [1.29, 1.82) is 0 Å². The van der Waals surface area contributed by atoms with Gasteiger partial charge in [-0.2, -0.15) is 0 Å². The molecule has 0 saturated heterocycles. The highest BCUT2D eigenvalue weighted by atomic mass is 79.9. The van der Waals surface area contributed by atoms with Crippen molar-refractivity contribution in [2.24, 2.45) is 21.1 Å². The van der Waals surface area contributed by atoms with Crippen molar-refractivity contribution in [2.75, 3.05) is 20.2 Å². The quantitative estimate of drug-likeness (QED) is 0.764. The molecule has 1 fully saturated rings. The number of ether oxygens (including phenoxy) is 1. The Morgan fingerprint density at radius 1 is 1.31 bits per heavy atom. The van der Waals surface area contributed by atoms with E-state index in [-0.39, 0.29) is 5.41 Å². The summed E-state index contributed by atoms with van der Waals surface area (Å²) < 4.78 is 6.76. The van der Waals surface area contributed by atoms with E-state index < -0.39 is 5.54 Å². The van der Waals surface area contributed by atoms with Crippen LogP contribution in [0, 0.1) is 5.41 Å². The number of amidine groups is 1. The zero-order valence-electron chi connectivity index (χ0n) is 15.2. The van der Waals surface area contributed by atoms with Gasteiger partial charge in [-0.15, -0.1) is 0 Å². The molecule has 1 aromatic carbocycles. The van der Waals surface area contributed by atoms with Gasteiger partial charge in [0.25, 0.3) is 0 Å².